The smallest absolute Gasteiger partial charge is 0.237 e. The van der Waals surface area contributed by atoms with Gasteiger partial charge in [0.1, 0.15) is 4.32 Å². The molecule has 1 amide bonds. The molecule has 0 bridgehead atoms. The topological polar surface area (TPSA) is 67.4 Å². The number of hydrogen-bond acceptors (Lipinski definition) is 6. The Bertz CT molecular complexity index is 513. The van der Waals surface area contributed by atoms with Gasteiger partial charge < -0.3 is 9.64 Å². The predicted molar refractivity (Wildman–Crippen MR) is 87.6 cm³/mol. The van der Waals surface area contributed by atoms with Crippen LogP contribution in [0, 0.1) is 13.8 Å². The molecule has 114 valence electrons. The lowest BCUT2D eigenvalue weighted by atomic mass is 10.4. The van der Waals surface area contributed by atoms with Crippen LogP contribution in [-0.2, 0) is 9.53 Å². The van der Waals surface area contributed by atoms with Gasteiger partial charge in [-0.25, -0.2) is 9.97 Å². The van der Waals surface area contributed by atoms with Crippen LogP contribution in [-0.4, -0.2) is 57.2 Å². The van der Waals surface area contributed by atoms with Crippen LogP contribution in [0.4, 0.5) is 5.95 Å². The third-order valence-corrected chi connectivity index (χ3v) is 4.35. The Morgan fingerprint density at radius 3 is 2.62 bits per heavy atom. The van der Waals surface area contributed by atoms with E-state index in [1.807, 2.05) is 19.9 Å². The number of thioether (sulfide) groups is 1. The maximum absolute atomic E-state index is 11.9. The molecular formula is C13H18N4O2S2. The van der Waals surface area contributed by atoms with Crippen molar-refractivity contribution in [2.45, 2.75) is 13.8 Å². The van der Waals surface area contributed by atoms with Gasteiger partial charge in [-0.3, -0.25) is 10.1 Å². The van der Waals surface area contributed by atoms with E-state index in [9.17, 15) is 4.79 Å². The van der Waals surface area contributed by atoms with E-state index in [1.54, 1.807) is 0 Å². The number of nitrogens with zero attached hydrogens (tertiary/aromatic N) is 3. The fraction of sp³-hybridized carbons (Fsp3) is 0.538. The van der Waals surface area contributed by atoms with Gasteiger partial charge in [-0.2, -0.15) is 0 Å². The van der Waals surface area contributed by atoms with E-state index in [4.69, 9.17) is 17.0 Å². The molecule has 21 heavy (non-hydrogen) atoms. The molecule has 0 atom stereocenters. The first-order valence-electron chi connectivity index (χ1n) is 6.66. The highest BCUT2D eigenvalue weighted by Crippen LogP contribution is 2.12. The van der Waals surface area contributed by atoms with E-state index in [0.717, 1.165) is 28.8 Å². The molecule has 1 fully saturated rings. The SMILES string of the molecule is Cc1cc(C)nc(NC(=O)CSC(=S)N2CCOCC2)n1. The fourth-order valence-corrected chi connectivity index (χ4v) is 2.96. The third-order valence-electron chi connectivity index (χ3n) is 2.83. The molecule has 1 aliphatic heterocycles. The van der Waals surface area contributed by atoms with Crippen LogP contribution in [0.15, 0.2) is 6.07 Å². The largest absolute Gasteiger partial charge is 0.378 e. The molecule has 0 spiro atoms. The minimum absolute atomic E-state index is 0.152. The van der Waals surface area contributed by atoms with Gasteiger partial charge in [-0.05, 0) is 19.9 Å². The molecule has 0 saturated carbocycles. The van der Waals surface area contributed by atoms with Gasteiger partial charge in [0.25, 0.3) is 0 Å². The Kier molecular flexibility index (Phi) is 5.89. The summed E-state index contributed by atoms with van der Waals surface area (Å²) in [6.45, 7) is 6.67. The summed E-state index contributed by atoms with van der Waals surface area (Å²) in [5, 5.41) is 2.70. The first-order valence-corrected chi connectivity index (χ1v) is 8.05. The minimum atomic E-state index is -0.152. The lowest BCUT2D eigenvalue weighted by Gasteiger charge is -2.28. The normalized spacial score (nSPS) is 14.9. The number of aromatic nitrogens is 2. The quantitative estimate of drug-likeness (QED) is 0.842. The first kappa shape index (κ1) is 16.1. The Labute approximate surface area is 133 Å². The van der Waals surface area contributed by atoms with Crippen molar-refractivity contribution in [1.29, 1.82) is 0 Å². The van der Waals surface area contributed by atoms with Gasteiger partial charge in [-0.15, -0.1) is 0 Å². The van der Waals surface area contributed by atoms with Crippen LogP contribution in [0.1, 0.15) is 11.4 Å². The predicted octanol–water partition coefficient (Wildman–Crippen LogP) is 1.38. The standard InChI is InChI=1S/C13H18N4O2S2/c1-9-7-10(2)15-12(14-9)16-11(18)8-21-13(20)17-3-5-19-6-4-17/h7H,3-6,8H2,1-2H3,(H,14,15,16,18). The number of nitrogens with one attached hydrogen (secondary N) is 1. The van der Waals surface area contributed by atoms with E-state index in [2.05, 4.69) is 20.2 Å². The molecule has 1 N–H and O–H groups in total. The van der Waals surface area contributed by atoms with Crippen LogP contribution >= 0.6 is 24.0 Å². The number of anilines is 1. The Hall–Kier alpha value is -1.25. The number of rotatable bonds is 3. The van der Waals surface area contributed by atoms with E-state index in [0.29, 0.717) is 19.2 Å². The van der Waals surface area contributed by atoms with Crippen LogP contribution in [0.5, 0.6) is 0 Å². The van der Waals surface area contributed by atoms with Crippen LogP contribution in [0.2, 0.25) is 0 Å². The Balaban J connectivity index is 1.80. The number of ether oxygens (including phenoxy) is 1. The first-order chi connectivity index (χ1) is 10.0. The maximum Gasteiger partial charge on any atom is 0.237 e. The number of hydrogen-bond donors (Lipinski definition) is 1. The average molecular weight is 326 g/mol. The second-order valence-corrected chi connectivity index (χ2v) is 6.29. The van der Waals surface area contributed by atoms with Crippen molar-refractivity contribution in [3.63, 3.8) is 0 Å². The number of amides is 1. The molecule has 1 saturated heterocycles. The molecule has 1 aromatic rings. The molecule has 2 heterocycles. The summed E-state index contributed by atoms with van der Waals surface area (Å²) < 4.78 is 6.00. The van der Waals surface area contributed by atoms with Crippen LogP contribution in [0.25, 0.3) is 0 Å². The lowest BCUT2D eigenvalue weighted by Crippen LogP contribution is -2.39. The number of carbonyl (C=O) groups excluding carboxylic acids is 1. The van der Waals surface area contributed by atoms with Crippen molar-refractivity contribution in [1.82, 2.24) is 14.9 Å². The van der Waals surface area contributed by atoms with Crippen molar-refractivity contribution < 1.29 is 9.53 Å². The number of aryl methyl sites for hydroxylation is 2. The molecule has 0 aromatic carbocycles. The molecule has 1 aromatic heterocycles. The Morgan fingerprint density at radius 1 is 1.38 bits per heavy atom. The van der Waals surface area contributed by atoms with Crippen molar-refractivity contribution >= 4 is 40.2 Å². The zero-order valence-electron chi connectivity index (χ0n) is 12.1. The van der Waals surface area contributed by atoms with Gasteiger partial charge >= 0.3 is 0 Å². The summed E-state index contributed by atoms with van der Waals surface area (Å²) in [6.07, 6.45) is 0. The van der Waals surface area contributed by atoms with E-state index >= 15 is 0 Å². The molecule has 0 unspecified atom stereocenters. The molecule has 8 heteroatoms. The summed E-state index contributed by atoms with van der Waals surface area (Å²) in [7, 11) is 0. The summed E-state index contributed by atoms with van der Waals surface area (Å²) in [5.74, 6) is 0.447. The second kappa shape index (κ2) is 7.67. The molecule has 6 nitrogen and oxygen atoms in total. The highest BCUT2D eigenvalue weighted by atomic mass is 32.2. The van der Waals surface area contributed by atoms with Crippen molar-refractivity contribution in [2.24, 2.45) is 0 Å². The molecular weight excluding hydrogens is 308 g/mol. The minimum Gasteiger partial charge on any atom is -0.378 e. The highest BCUT2D eigenvalue weighted by molar-refractivity contribution is 8.23. The fourth-order valence-electron chi connectivity index (χ4n) is 1.91. The Morgan fingerprint density at radius 2 is 2.00 bits per heavy atom. The average Bonchev–Trinajstić information content (AvgIpc) is 2.44. The number of morpholine rings is 1. The van der Waals surface area contributed by atoms with Crippen LogP contribution in [0.3, 0.4) is 0 Å². The van der Waals surface area contributed by atoms with Crippen molar-refractivity contribution in [3.05, 3.63) is 17.5 Å². The second-order valence-electron chi connectivity index (χ2n) is 4.68. The van der Waals surface area contributed by atoms with Crippen LogP contribution < -0.4 is 5.32 Å². The van der Waals surface area contributed by atoms with Crippen molar-refractivity contribution in [2.75, 3.05) is 37.4 Å². The summed E-state index contributed by atoms with van der Waals surface area (Å²) in [4.78, 5) is 22.3. The van der Waals surface area contributed by atoms with E-state index in [1.165, 1.54) is 11.8 Å². The summed E-state index contributed by atoms with van der Waals surface area (Å²) >= 11 is 6.67. The van der Waals surface area contributed by atoms with Gasteiger partial charge in [0, 0.05) is 24.5 Å². The number of carbonyl (C=O) groups is 1. The zero-order valence-corrected chi connectivity index (χ0v) is 13.7. The molecule has 2 rings (SSSR count). The maximum atomic E-state index is 11.9. The lowest BCUT2D eigenvalue weighted by molar-refractivity contribution is -0.113. The number of thiocarbonyl (C=S) groups is 1. The van der Waals surface area contributed by atoms with Gasteiger partial charge in [-0.1, -0.05) is 24.0 Å². The van der Waals surface area contributed by atoms with E-state index < -0.39 is 0 Å². The van der Waals surface area contributed by atoms with Gasteiger partial charge in [0.2, 0.25) is 11.9 Å². The molecule has 0 radical (unpaired) electrons. The summed E-state index contributed by atoms with van der Waals surface area (Å²) in [6, 6.07) is 1.86. The van der Waals surface area contributed by atoms with Gasteiger partial charge in [0.05, 0.1) is 19.0 Å². The highest BCUT2D eigenvalue weighted by Gasteiger charge is 2.15. The molecule has 1 aliphatic rings. The summed E-state index contributed by atoms with van der Waals surface area (Å²) in [5.41, 5.74) is 1.66. The zero-order chi connectivity index (χ0) is 15.2. The van der Waals surface area contributed by atoms with Gasteiger partial charge in [0.15, 0.2) is 0 Å². The monoisotopic (exact) mass is 326 g/mol. The van der Waals surface area contributed by atoms with E-state index in [-0.39, 0.29) is 11.7 Å². The van der Waals surface area contributed by atoms with Crippen molar-refractivity contribution in [3.8, 4) is 0 Å². The molecule has 0 aliphatic carbocycles. The third kappa shape index (κ3) is 5.22.